The molecule has 1 unspecified atom stereocenters. The normalized spacial score (nSPS) is 13.2. The summed E-state index contributed by atoms with van der Waals surface area (Å²) in [7, 11) is 0. The van der Waals surface area contributed by atoms with Gasteiger partial charge < -0.3 is 4.55 Å². The summed E-state index contributed by atoms with van der Waals surface area (Å²) in [6.07, 6.45) is 1.01. The zero-order chi connectivity index (χ0) is 10.6. The summed E-state index contributed by atoms with van der Waals surface area (Å²) in [5.74, 6) is 2.09. The SMILES string of the molecule is CC[S+]([O-])c1ccc(C[C](C)C)cc1. The Morgan fingerprint density at radius 1 is 1.21 bits per heavy atom. The highest BCUT2D eigenvalue weighted by molar-refractivity contribution is 7.91. The molecular formula is C12H17OS. The van der Waals surface area contributed by atoms with Crippen molar-refractivity contribution < 1.29 is 4.55 Å². The van der Waals surface area contributed by atoms with Crippen LogP contribution in [0, 0.1) is 5.92 Å². The first-order valence-electron chi connectivity index (χ1n) is 4.90. The fraction of sp³-hybridized carbons (Fsp3) is 0.417. The van der Waals surface area contributed by atoms with Crippen molar-refractivity contribution in [2.24, 2.45) is 0 Å². The van der Waals surface area contributed by atoms with Crippen LogP contribution in [-0.4, -0.2) is 10.3 Å². The molecule has 1 rings (SSSR count). The van der Waals surface area contributed by atoms with Gasteiger partial charge in [-0.25, -0.2) is 0 Å². The van der Waals surface area contributed by atoms with Crippen LogP contribution in [-0.2, 0) is 17.6 Å². The molecule has 0 aliphatic rings. The van der Waals surface area contributed by atoms with Crippen LogP contribution in [0.4, 0.5) is 0 Å². The third-order valence-corrected chi connectivity index (χ3v) is 3.33. The lowest BCUT2D eigenvalue weighted by Gasteiger charge is -2.09. The lowest BCUT2D eigenvalue weighted by Crippen LogP contribution is -2.03. The van der Waals surface area contributed by atoms with E-state index in [4.69, 9.17) is 0 Å². The molecule has 14 heavy (non-hydrogen) atoms. The predicted molar refractivity (Wildman–Crippen MR) is 61.7 cm³/mol. The second kappa shape index (κ2) is 5.42. The summed E-state index contributed by atoms with van der Waals surface area (Å²) < 4.78 is 11.5. The molecule has 0 bridgehead atoms. The molecule has 0 amide bonds. The van der Waals surface area contributed by atoms with E-state index in [-0.39, 0.29) is 0 Å². The maximum Gasteiger partial charge on any atom is 0.152 e. The van der Waals surface area contributed by atoms with Gasteiger partial charge in [-0.1, -0.05) is 26.0 Å². The Bertz CT molecular complexity index is 266. The summed E-state index contributed by atoms with van der Waals surface area (Å²) >= 11 is -0.818. The smallest absolute Gasteiger partial charge is 0.152 e. The van der Waals surface area contributed by atoms with Crippen LogP contribution in [0.15, 0.2) is 29.2 Å². The van der Waals surface area contributed by atoms with Crippen molar-refractivity contribution in [1.82, 2.24) is 0 Å². The number of hydrogen-bond acceptors (Lipinski definition) is 1. The van der Waals surface area contributed by atoms with E-state index in [0.29, 0.717) is 5.75 Å². The standard InChI is InChI=1S/C12H17OS/c1-4-14(13)12-7-5-11(6-8-12)9-10(2)3/h5-8H,4,9H2,1-3H3. The molecule has 0 N–H and O–H groups in total. The highest BCUT2D eigenvalue weighted by Gasteiger charge is 2.07. The van der Waals surface area contributed by atoms with Gasteiger partial charge >= 0.3 is 0 Å². The number of benzene rings is 1. The van der Waals surface area contributed by atoms with Crippen molar-refractivity contribution in [1.29, 1.82) is 0 Å². The van der Waals surface area contributed by atoms with Crippen LogP contribution in [0.5, 0.6) is 0 Å². The van der Waals surface area contributed by atoms with E-state index in [0.717, 1.165) is 11.3 Å². The highest BCUT2D eigenvalue weighted by atomic mass is 32.2. The van der Waals surface area contributed by atoms with Gasteiger partial charge in [0.25, 0.3) is 0 Å². The predicted octanol–water partition coefficient (Wildman–Crippen LogP) is 2.97. The van der Waals surface area contributed by atoms with E-state index < -0.39 is 11.2 Å². The quantitative estimate of drug-likeness (QED) is 0.699. The molecule has 0 aliphatic heterocycles. The summed E-state index contributed by atoms with van der Waals surface area (Å²) in [6.45, 7) is 6.18. The van der Waals surface area contributed by atoms with Gasteiger partial charge in [0, 0.05) is 0 Å². The molecule has 0 saturated carbocycles. The Morgan fingerprint density at radius 3 is 2.21 bits per heavy atom. The number of rotatable bonds is 4. The van der Waals surface area contributed by atoms with Crippen LogP contribution in [0.1, 0.15) is 26.3 Å². The average Bonchev–Trinajstić information content (AvgIpc) is 2.17. The summed E-state index contributed by atoms with van der Waals surface area (Å²) in [5.41, 5.74) is 1.29. The van der Waals surface area contributed by atoms with Crippen molar-refractivity contribution in [2.75, 3.05) is 5.75 Å². The van der Waals surface area contributed by atoms with Crippen LogP contribution < -0.4 is 0 Å². The molecule has 0 aliphatic carbocycles. The molecule has 0 heterocycles. The molecule has 1 nitrogen and oxygen atoms in total. The minimum atomic E-state index is -0.818. The molecule has 0 saturated heterocycles. The topological polar surface area (TPSA) is 23.1 Å². The van der Waals surface area contributed by atoms with Crippen molar-refractivity contribution in [3.8, 4) is 0 Å². The van der Waals surface area contributed by atoms with E-state index in [9.17, 15) is 4.55 Å². The lowest BCUT2D eigenvalue weighted by molar-refractivity contribution is 0.596. The van der Waals surface area contributed by atoms with E-state index in [1.807, 2.05) is 19.1 Å². The van der Waals surface area contributed by atoms with Crippen LogP contribution in [0.2, 0.25) is 0 Å². The van der Waals surface area contributed by atoms with E-state index in [2.05, 4.69) is 26.0 Å². The monoisotopic (exact) mass is 209 g/mol. The fourth-order valence-corrected chi connectivity index (χ4v) is 2.11. The van der Waals surface area contributed by atoms with Gasteiger partial charge in [0.2, 0.25) is 0 Å². The van der Waals surface area contributed by atoms with Crippen LogP contribution in [0.3, 0.4) is 0 Å². The van der Waals surface area contributed by atoms with Gasteiger partial charge in [-0.3, -0.25) is 0 Å². The second-order valence-corrected chi connectivity index (χ2v) is 5.40. The molecule has 1 atom stereocenters. The van der Waals surface area contributed by atoms with Crippen molar-refractivity contribution >= 4 is 11.2 Å². The fourth-order valence-electron chi connectivity index (χ4n) is 1.33. The van der Waals surface area contributed by atoms with Crippen molar-refractivity contribution in [3.05, 3.63) is 35.7 Å². The lowest BCUT2D eigenvalue weighted by atomic mass is 10.0. The molecule has 1 aromatic rings. The van der Waals surface area contributed by atoms with Gasteiger partial charge in [-0.05, 0) is 48.1 Å². The molecule has 1 radical (unpaired) electrons. The zero-order valence-electron chi connectivity index (χ0n) is 9.04. The van der Waals surface area contributed by atoms with Crippen molar-refractivity contribution in [3.63, 3.8) is 0 Å². The molecular weight excluding hydrogens is 192 g/mol. The molecule has 0 aromatic heterocycles. The Balaban J connectivity index is 2.68. The van der Waals surface area contributed by atoms with E-state index in [1.54, 1.807) is 0 Å². The maximum absolute atomic E-state index is 11.5. The molecule has 77 valence electrons. The van der Waals surface area contributed by atoms with Gasteiger partial charge in [0.05, 0.1) is 0 Å². The van der Waals surface area contributed by atoms with E-state index in [1.165, 1.54) is 11.5 Å². The first-order valence-corrected chi connectivity index (χ1v) is 6.21. The largest absolute Gasteiger partial charge is 0.611 e. The molecule has 1 aromatic carbocycles. The van der Waals surface area contributed by atoms with Gasteiger partial charge in [-0.15, -0.1) is 0 Å². The first-order chi connectivity index (χ1) is 6.63. The zero-order valence-corrected chi connectivity index (χ0v) is 9.86. The average molecular weight is 209 g/mol. The van der Waals surface area contributed by atoms with Gasteiger partial charge in [-0.2, -0.15) is 0 Å². The Morgan fingerprint density at radius 2 is 1.79 bits per heavy atom. The third kappa shape index (κ3) is 3.35. The highest BCUT2D eigenvalue weighted by Crippen LogP contribution is 2.15. The maximum atomic E-state index is 11.5. The van der Waals surface area contributed by atoms with E-state index >= 15 is 0 Å². The number of hydrogen-bond donors (Lipinski definition) is 0. The summed E-state index contributed by atoms with van der Waals surface area (Å²) in [4.78, 5) is 0.935. The summed E-state index contributed by atoms with van der Waals surface area (Å²) in [5, 5.41) is 0. The molecule has 0 fully saturated rings. The van der Waals surface area contributed by atoms with Crippen LogP contribution >= 0.6 is 0 Å². The third-order valence-electron chi connectivity index (χ3n) is 2.01. The summed E-state index contributed by atoms with van der Waals surface area (Å²) in [6, 6.07) is 8.07. The van der Waals surface area contributed by atoms with Gasteiger partial charge in [0.15, 0.2) is 4.90 Å². The van der Waals surface area contributed by atoms with Crippen molar-refractivity contribution in [2.45, 2.75) is 32.1 Å². The first kappa shape index (κ1) is 11.6. The Labute approximate surface area is 89.7 Å². The minimum absolute atomic E-state index is 0.693. The Hall–Kier alpha value is -0.470. The van der Waals surface area contributed by atoms with Crippen LogP contribution in [0.25, 0.3) is 0 Å². The second-order valence-electron chi connectivity index (χ2n) is 3.66. The molecule has 0 spiro atoms. The van der Waals surface area contributed by atoms with Gasteiger partial charge in [0.1, 0.15) is 5.75 Å². The molecule has 2 heteroatoms. The Kier molecular flexibility index (Phi) is 4.49. The minimum Gasteiger partial charge on any atom is -0.611 e.